The van der Waals surface area contributed by atoms with Crippen LogP contribution in [0.5, 0.6) is 11.5 Å². The van der Waals surface area contributed by atoms with E-state index in [1.165, 1.54) is 61.6 Å². The van der Waals surface area contributed by atoms with Crippen molar-refractivity contribution in [3.8, 4) is 11.5 Å². The number of carbonyl (C=O) groups is 2. The van der Waals surface area contributed by atoms with Crippen LogP contribution in [0.15, 0.2) is 108 Å². The monoisotopic (exact) mass is 647 g/mol. The summed E-state index contributed by atoms with van der Waals surface area (Å²) in [6, 6.07) is 26.0. The third-order valence-corrected chi connectivity index (χ3v) is 9.04. The van der Waals surface area contributed by atoms with Gasteiger partial charge < -0.3 is 19.7 Å². The first-order valence-electron chi connectivity index (χ1n) is 14.7. The number of benzene rings is 4. The van der Waals surface area contributed by atoms with E-state index in [4.69, 9.17) is 9.47 Å². The molecule has 11 heteroatoms. The van der Waals surface area contributed by atoms with E-state index in [9.17, 15) is 18.0 Å². The molecule has 0 saturated heterocycles. The third kappa shape index (κ3) is 8.22. The van der Waals surface area contributed by atoms with Crippen molar-refractivity contribution in [3.63, 3.8) is 0 Å². The molecule has 1 N–H and O–H groups in total. The predicted octanol–water partition coefficient (Wildman–Crippen LogP) is 5.20. The number of hydrogen-bond acceptors (Lipinski definition) is 6. The highest BCUT2D eigenvalue weighted by Gasteiger charge is 2.36. The Balaban J connectivity index is 1.87. The van der Waals surface area contributed by atoms with Gasteiger partial charge in [-0.15, -0.1) is 0 Å². The van der Waals surface area contributed by atoms with Crippen LogP contribution in [0.1, 0.15) is 25.0 Å². The number of sulfonamides is 1. The molecular weight excluding hydrogens is 609 g/mol. The van der Waals surface area contributed by atoms with E-state index in [-0.39, 0.29) is 40.9 Å². The molecule has 1 atom stereocenters. The van der Waals surface area contributed by atoms with Gasteiger partial charge in [0.25, 0.3) is 10.0 Å². The normalized spacial score (nSPS) is 11.9. The van der Waals surface area contributed by atoms with E-state index < -0.39 is 40.2 Å². The van der Waals surface area contributed by atoms with Gasteiger partial charge in [-0.3, -0.25) is 13.9 Å². The van der Waals surface area contributed by atoms with Crippen LogP contribution >= 0.6 is 0 Å². The topological polar surface area (TPSA) is 105 Å². The Bertz CT molecular complexity index is 1740. The van der Waals surface area contributed by atoms with E-state index in [0.717, 1.165) is 9.87 Å². The van der Waals surface area contributed by atoms with Crippen molar-refractivity contribution >= 4 is 27.5 Å². The number of anilines is 1. The Labute approximate surface area is 269 Å². The van der Waals surface area contributed by atoms with Gasteiger partial charge in [-0.05, 0) is 49.7 Å². The molecule has 4 aromatic rings. The van der Waals surface area contributed by atoms with Crippen molar-refractivity contribution in [2.24, 2.45) is 0 Å². The standard InChI is InChI=1S/C35H38FN3O6S/c1-25(2)37-35(41)32(21-26-13-7-5-8-14-26)38(23-27-15-11-12-18-30(27)36)34(40)24-39(46(42,43)29-16-9-6-10-17-29)31-22-28(44-3)19-20-33(31)45-4/h5-20,22,25,32H,21,23-24H2,1-4H3,(H,37,41)/t32-/m1/s1. The SMILES string of the molecule is COc1ccc(OC)c(N(CC(=O)N(Cc2ccccc2F)[C@H](Cc2ccccc2)C(=O)NC(C)C)S(=O)(=O)c2ccccc2)c1. The molecule has 9 nitrogen and oxygen atoms in total. The molecule has 0 bridgehead atoms. The van der Waals surface area contributed by atoms with Crippen molar-refractivity contribution in [2.45, 2.75) is 43.8 Å². The molecule has 46 heavy (non-hydrogen) atoms. The highest BCUT2D eigenvalue weighted by Crippen LogP contribution is 2.36. The summed E-state index contributed by atoms with van der Waals surface area (Å²) in [5.74, 6) is -1.25. The van der Waals surface area contributed by atoms with Crippen LogP contribution in [0.2, 0.25) is 0 Å². The fraction of sp³-hybridized carbons (Fsp3) is 0.257. The van der Waals surface area contributed by atoms with Crippen molar-refractivity contribution < 1.29 is 31.9 Å². The number of ether oxygens (including phenoxy) is 2. The molecule has 4 aromatic carbocycles. The van der Waals surface area contributed by atoms with E-state index >= 15 is 4.39 Å². The number of rotatable bonds is 14. The molecule has 0 aromatic heterocycles. The summed E-state index contributed by atoms with van der Waals surface area (Å²) in [6.07, 6.45) is 0.105. The second kappa shape index (κ2) is 15.4. The lowest BCUT2D eigenvalue weighted by atomic mass is 10.0. The van der Waals surface area contributed by atoms with Crippen LogP contribution in [-0.4, -0.2) is 58.0 Å². The van der Waals surface area contributed by atoms with Gasteiger partial charge >= 0.3 is 0 Å². The maximum atomic E-state index is 15.1. The third-order valence-electron chi connectivity index (χ3n) is 7.27. The fourth-order valence-electron chi connectivity index (χ4n) is 4.97. The highest BCUT2D eigenvalue weighted by atomic mass is 32.2. The predicted molar refractivity (Wildman–Crippen MR) is 175 cm³/mol. The molecule has 0 fully saturated rings. The summed E-state index contributed by atoms with van der Waals surface area (Å²) >= 11 is 0. The largest absolute Gasteiger partial charge is 0.497 e. The number of methoxy groups -OCH3 is 2. The second-order valence-corrected chi connectivity index (χ2v) is 12.7. The van der Waals surface area contributed by atoms with Crippen molar-refractivity contribution in [3.05, 3.63) is 120 Å². The Hall–Kier alpha value is -4.90. The Morgan fingerprint density at radius 2 is 1.48 bits per heavy atom. The average molecular weight is 648 g/mol. The number of carbonyl (C=O) groups excluding carboxylic acids is 2. The number of amides is 2. The first kappa shape index (κ1) is 34.0. The van der Waals surface area contributed by atoms with Crippen molar-refractivity contribution in [1.82, 2.24) is 10.2 Å². The number of hydrogen-bond donors (Lipinski definition) is 1. The molecular formula is C35H38FN3O6S. The summed E-state index contributed by atoms with van der Waals surface area (Å²) in [5, 5.41) is 2.88. The van der Waals surface area contributed by atoms with Gasteiger partial charge in [-0.25, -0.2) is 12.8 Å². The number of halogens is 1. The first-order valence-corrected chi connectivity index (χ1v) is 16.2. The summed E-state index contributed by atoms with van der Waals surface area (Å²) in [6.45, 7) is 2.58. The maximum absolute atomic E-state index is 15.1. The Morgan fingerprint density at radius 1 is 0.848 bits per heavy atom. The van der Waals surface area contributed by atoms with Crippen LogP contribution in [0.3, 0.4) is 0 Å². The summed E-state index contributed by atoms with van der Waals surface area (Å²) in [7, 11) is -1.55. The second-order valence-electron chi connectivity index (χ2n) is 10.8. The Morgan fingerprint density at radius 3 is 2.09 bits per heavy atom. The summed E-state index contributed by atoms with van der Waals surface area (Å²) in [4.78, 5) is 29.5. The molecule has 0 aliphatic heterocycles. The molecule has 0 aliphatic rings. The number of nitrogens with zero attached hydrogens (tertiary/aromatic N) is 2. The average Bonchev–Trinajstić information content (AvgIpc) is 3.06. The molecule has 4 rings (SSSR count). The van der Waals surface area contributed by atoms with Crippen LogP contribution < -0.4 is 19.1 Å². The minimum atomic E-state index is -4.37. The molecule has 0 radical (unpaired) electrons. The van der Waals surface area contributed by atoms with Crippen molar-refractivity contribution in [1.29, 1.82) is 0 Å². The quantitative estimate of drug-likeness (QED) is 0.202. The lowest BCUT2D eigenvalue weighted by Gasteiger charge is -2.34. The van der Waals surface area contributed by atoms with Gasteiger partial charge in [0.1, 0.15) is 29.9 Å². The fourth-order valence-corrected chi connectivity index (χ4v) is 6.41. The minimum absolute atomic E-state index is 0.0520. The van der Waals surface area contributed by atoms with E-state index in [1.807, 2.05) is 30.3 Å². The van der Waals surface area contributed by atoms with Crippen LogP contribution in [0, 0.1) is 5.82 Å². The van der Waals surface area contributed by atoms with Gasteiger partial charge in [0.15, 0.2) is 0 Å². The lowest BCUT2D eigenvalue weighted by Crippen LogP contribution is -2.54. The van der Waals surface area contributed by atoms with Gasteiger partial charge in [0.2, 0.25) is 11.8 Å². The molecule has 0 unspecified atom stereocenters. The van der Waals surface area contributed by atoms with Gasteiger partial charge in [0.05, 0.1) is 24.8 Å². The minimum Gasteiger partial charge on any atom is -0.497 e. The van der Waals surface area contributed by atoms with E-state index in [0.29, 0.717) is 5.75 Å². The number of nitrogens with one attached hydrogen (secondary N) is 1. The van der Waals surface area contributed by atoms with Gasteiger partial charge in [-0.2, -0.15) is 0 Å². The smallest absolute Gasteiger partial charge is 0.264 e. The molecule has 0 aliphatic carbocycles. The van der Waals surface area contributed by atoms with Crippen molar-refractivity contribution in [2.75, 3.05) is 25.1 Å². The zero-order chi connectivity index (χ0) is 33.3. The van der Waals surface area contributed by atoms with Gasteiger partial charge in [-0.1, -0.05) is 66.7 Å². The Kier molecular flexibility index (Phi) is 11.4. The zero-order valence-electron chi connectivity index (χ0n) is 26.2. The van der Waals surface area contributed by atoms with Crippen LogP contribution in [0.25, 0.3) is 0 Å². The first-order chi connectivity index (χ1) is 22.0. The summed E-state index contributed by atoms with van der Waals surface area (Å²) < 4.78 is 55.3. The van der Waals surface area contributed by atoms with Crippen LogP contribution in [-0.2, 0) is 32.6 Å². The maximum Gasteiger partial charge on any atom is 0.264 e. The molecule has 2 amide bonds. The zero-order valence-corrected chi connectivity index (χ0v) is 27.0. The van der Waals surface area contributed by atoms with E-state index in [1.54, 1.807) is 44.2 Å². The molecule has 0 saturated carbocycles. The molecule has 242 valence electrons. The van der Waals surface area contributed by atoms with Gasteiger partial charge in [0, 0.05) is 30.6 Å². The molecule has 0 heterocycles. The highest BCUT2D eigenvalue weighted by molar-refractivity contribution is 7.92. The lowest BCUT2D eigenvalue weighted by molar-refractivity contribution is -0.140. The summed E-state index contributed by atoms with van der Waals surface area (Å²) in [5.41, 5.74) is 0.986. The van der Waals surface area contributed by atoms with Crippen LogP contribution in [0.4, 0.5) is 10.1 Å². The van der Waals surface area contributed by atoms with E-state index in [2.05, 4.69) is 5.32 Å². The molecule has 0 spiro atoms.